The molecule has 0 radical (unpaired) electrons. The molecule has 0 saturated carbocycles. The summed E-state index contributed by atoms with van der Waals surface area (Å²) in [6, 6.07) is 9.17. The summed E-state index contributed by atoms with van der Waals surface area (Å²) in [6.45, 7) is 1.99. The molecule has 0 bridgehead atoms. The van der Waals surface area contributed by atoms with Crippen LogP contribution < -0.4 is 15.2 Å². The topological polar surface area (TPSA) is 44.5 Å². The third kappa shape index (κ3) is 3.18. The Hall–Kier alpha value is -1.23. The van der Waals surface area contributed by atoms with Crippen molar-refractivity contribution >= 4 is 27.5 Å². The highest BCUT2D eigenvalue weighted by molar-refractivity contribution is 9.10. The zero-order valence-corrected chi connectivity index (χ0v) is 14.5. The third-order valence-electron chi connectivity index (χ3n) is 3.42. The van der Waals surface area contributed by atoms with Crippen LogP contribution in [0.1, 0.15) is 22.7 Å². The van der Waals surface area contributed by atoms with Crippen molar-refractivity contribution in [3.05, 3.63) is 56.5 Å². The van der Waals surface area contributed by atoms with Gasteiger partial charge in [0.05, 0.1) is 20.3 Å². The number of rotatable bonds is 4. The number of hydrogen-bond acceptors (Lipinski definition) is 3. The first-order valence-electron chi connectivity index (χ1n) is 6.41. The van der Waals surface area contributed by atoms with E-state index in [1.165, 1.54) is 0 Å². The highest BCUT2D eigenvalue weighted by Gasteiger charge is 2.20. The van der Waals surface area contributed by atoms with Gasteiger partial charge in [-0.3, -0.25) is 0 Å². The average molecular weight is 371 g/mol. The maximum absolute atomic E-state index is 6.42. The molecule has 21 heavy (non-hydrogen) atoms. The summed E-state index contributed by atoms with van der Waals surface area (Å²) in [5.41, 5.74) is 9.36. The van der Waals surface area contributed by atoms with E-state index in [1.807, 2.05) is 37.3 Å². The first kappa shape index (κ1) is 16.1. The van der Waals surface area contributed by atoms with E-state index in [1.54, 1.807) is 14.2 Å². The van der Waals surface area contributed by atoms with Gasteiger partial charge in [-0.05, 0) is 58.2 Å². The van der Waals surface area contributed by atoms with E-state index < -0.39 is 0 Å². The molecule has 5 heteroatoms. The van der Waals surface area contributed by atoms with E-state index in [0.29, 0.717) is 16.5 Å². The van der Waals surface area contributed by atoms with Crippen molar-refractivity contribution < 1.29 is 9.47 Å². The normalized spacial score (nSPS) is 12.1. The molecule has 2 aromatic rings. The molecule has 112 valence electrons. The van der Waals surface area contributed by atoms with Crippen LogP contribution in [-0.4, -0.2) is 14.2 Å². The fourth-order valence-corrected chi connectivity index (χ4v) is 3.23. The van der Waals surface area contributed by atoms with Crippen LogP contribution in [0, 0.1) is 6.92 Å². The Morgan fingerprint density at radius 3 is 2.33 bits per heavy atom. The van der Waals surface area contributed by atoms with Crippen molar-refractivity contribution in [2.45, 2.75) is 13.0 Å². The molecule has 2 rings (SSSR count). The Morgan fingerprint density at radius 2 is 1.76 bits per heavy atom. The molecular weight excluding hydrogens is 354 g/mol. The van der Waals surface area contributed by atoms with Gasteiger partial charge in [-0.25, -0.2) is 0 Å². The number of nitrogens with two attached hydrogens (primary N) is 1. The lowest BCUT2D eigenvalue weighted by Crippen LogP contribution is -2.14. The summed E-state index contributed by atoms with van der Waals surface area (Å²) < 4.78 is 11.5. The highest BCUT2D eigenvalue weighted by Crippen LogP contribution is 2.41. The van der Waals surface area contributed by atoms with Crippen molar-refractivity contribution in [3.63, 3.8) is 0 Å². The van der Waals surface area contributed by atoms with Crippen LogP contribution >= 0.6 is 27.5 Å². The fraction of sp³-hybridized carbons (Fsp3) is 0.250. The van der Waals surface area contributed by atoms with Crippen LogP contribution in [0.25, 0.3) is 0 Å². The van der Waals surface area contributed by atoms with Gasteiger partial charge >= 0.3 is 0 Å². The number of methoxy groups -OCH3 is 2. The zero-order chi connectivity index (χ0) is 15.6. The van der Waals surface area contributed by atoms with E-state index in [-0.39, 0.29) is 6.04 Å². The average Bonchev–Trinajstić information content (AvgIpc) is 2.46. The van der Waals surface area contributed by atoms with E-state index in [4.69, 9.17) is 26.8 Å². The minimum absolute atomic E-state index is 0.306. The van der Waals surface area contributed by atoms with E-state index in [9.17, 15) is 0 Å². The van der Waals surface area contributed by atoms with Crippen molar-refractivity contribution in [2.75, 3.05) is 14.2 Å². The smallest absolute Gasteiger partial charge is 0.141 e. The second-order valence-corrected chi connectivity index (χ2v) is 5.91. The lowest BCUT2D eigenvalue weighted by atomic mass is 9.95. The monoisotopic (exact) mass is 369 g/mol. The van der Waals surface area contributed by atoms with Gasteiger partial charge in [-0.2, -0.15) is 0 Å². The second-order valence-electron chi connectivity index (χ2n) is 4.68. The second kappa shape index (κ2) is 6.69. The quantitative estimate of drug-likeness (QED) is 0.863. The largest absolute Gasteiger partial charge is 0.495 e. The Bertz CT molecular complexity index is 661. The number of halogens is 2. The predicted molar refractivity (Wildman–Crippen MR) is 89.5 cm³/mol. The molecule has 0 saturated heterocycles. The van der Waals surface area contributed by atoms with Crippen molar-refractivity contribution in [1.82, 2.24) is 0 Å². The summed E-state index contributed by atoms with van der Waals surface area (Å²) in [5.74, 6) is 1.38. The Labute approximate surface area is 138 Å². The lowest BCUT2D eigenvalue weighted by molar-refractivity contribution is 0.385. The minimum atomic E-state index is -0.306. The first-order chi connectivity index (χ1) is 9.99. The molecule has 1 atom stereocenters. The van der Waals surface area contributed by atoms with Crippen LogP contribution in [0.5, 0.6) is 11.5 Å². The lowest BCUT2D eigenvalue weighted by Gasteiger charge is -2.20. The molecule has 0 aliphatic rings. The number of aryl methyl sites for hydroxylation is 1. The van der Waals surface area contributed by atoms with Crippen LogP contribution in [0.15, 0.2) is 34.8 Å². The van der Waals surface area contributed by atoms with Crippen LogP contribution in [0.3, 0.4) is 0 Å². The molecular formula is C16H17BrClNO2. The van der Waals surface area contributed by atoms with Crippen LogP contribution in [0.2, 0.25) is 5.02 Å². The standard InChI is InChI=1S/C16H17BrClNO2/c1-9-8-10(18)4-5-11(9)15(19)12-6-7-13(20-2)14(17)16(12)21-3/h4-8,15H,19H2,1-3H3. The maximum Gasteiger partial charge on any atom is 0.141 e. The summed E-state index contributed by atoms with van der Waals surface area (Å²) in [7, 11) is 3.23. The molecule has 0 spiro atoms. The van der Waals surface area contributed by atoms with Gasteiger partial charge in [0.25, 0.3) is 0 Å². The van der Waals surface area contributed by atoms with E-state index in [2.05, 4.69) is 15.9 Å². The molecule has 2 aromatic carbocycles. The molecule has 0 heterocycles. The summed E-state index contributed by atoms with van der Waals surface area (Å²) >= 11 is 9.50. The van der Waals surface area contributed by atoms with E-state index >= 15 is 0 Å². The van der Waals surface area contributed by atoms with Gasteiger partial charge < -0.3 is 15.2 Å². The van der Waals surface area contributed by atoms with Gasteiger partial charge in [0, 0.05) is 10.6 Å². The molecule has 0 aromatic heterocycles. The summed E-state index contributed by atoms with van der Waals surface area (Å²) in [6.07, 6.45) is 0. The molecule has 0 aliphatic heterocycles. The minimum Gasteiger partial charge on any atom is -0.495 e. The first-order valence-corrected chi connectivity index (χ1v) is 7.58. The molecule has 1 unspecified atom stereocenters. The molecule has 2 N–H and O–H groups in total. The Morgan fingerprint density at radius 1 is 1.10 bits per heavy atom. The van der Waals surface area contributed by atoms with Gasteiger partial charge in [-0.1, -0.05) is 17.7 Å². The summed E-state index contributed by atoms with van der Waals surface area (Å²) in [4.78, 5) is 0. The molecule has 0 fully saturated rings. The van der Waals surface area contributed by atoms with Gasteiger partial charge in [0.15, 0.2) is 0 Å². The maximum atomic E-state index is 6.42. The van der Waals surface area contributed by atoms with E-state index in [0.717, 1.165) is 21.2 Å². The number of benzene rings is 2. The zero-order valence-electron chi connectivity index (χ0n) is 12.1. The Balaban J connectivity index is 2.52. The van der Waals surface area contributed by atoms with Gasteiger partial charge in [0.1, 0.15) is 16.0 Å². The Kier molecular flexibility index (Phi) is 5.14. The van der Waals surface area contributed by atoms with Crippen molar-refractivity contribution in [2.24, 2.45) is 5.73 Å². The van der Waals surface area contributed by atoms with Crippen LogP contribution in [0.4, 0.5) is 0 Å². The van der Waals surface area contributed by atoms with Crippen molar-refractivity contribution in [3.8, 4) is 11.5 Å². The van der Waals surface area contributed by atoms with Crippen molar-refractivity contribution in [1.29, 1.82) is 0 Å². The van der Waals surface area contributed by atoms with Gasteiger partial charge in [0.2, 0.25) is 0 Å². The number of hydrogen-bond donors (Lipinski definition) is 1. The third-order valence-corrected chi connectivity index (χ3v) is 4.40. The van der Waals surface area contributed by atoms with Gasteiger partial charge in [-0.15, -0.1) is 0 Å². The predicted octanol–water partition coefficient (Wildman–Crippen LogP) is 4.48. The summed E-state index contributed by atoms with van der Waals surface area (Å²) in [5, 5.41) is 0.700. The highest BCUT2D eigenvalue weighted by atomic mass is 79.9. The SMILES string of the molecule is COc1ccc(C(N)c2ccc(Cl)cc2C)c(OC)c1Br. The van der Waals surface area contributed by atoms with Crippen LogP contribution in [-0.2, 0) is 0 Å². The molecule has 3 nitrogen and oxygen atoms in total. The fourth-order valence-electron chi connectivity index (χ4n) is 2.32. The molecule has 0 aliphatic carbocycles. The molecule has 0 amide bonds. The number of ether oxygens (including phenoxy) is 2.